The molecule has 0 fully saturated rings. The zero-order chi connectivity index (χ0) is 9.42. The maximum Gasteiger partial charge on any atom is 0.189 e. The van der Waals surface area contributed by atoms with Gasteiger partial charge in [0.2, 0.25) is 0 Å². The first-order chi connectivity index (χ1) is 6.20. The maximum atomic E-state index is 11.3. The van der Waals surface area contributed by atoms with Gasteiger partial charge in [-0.1, -0.05) is 0 Å². The van der Waals surface area contributed by atoms with E-state index in [9.17, 15) is 9.90 Å². The molecule has 1 aromatic heterocycles. The van der Waals surface area contributed by atoms with E-state index >= 15 is 0 Å². The lowest BCUT2D eigenvalue weighted by Crippen LogP contribution is -2.00. The highest BCUT2D eigenvalue weighted by molar-refractivity contribution is 5.83. The van der Waals surface area contributed by atoms with Gasteiger partial charge < -0.3 is 10.1 Å². The van der Waals surface area contributed by atoms with Crippen LogP contribution in [0, 0.1) is 6.92 Å². The molecule has 0 aliphatic heterocycles. The number of aryl methyl sites for hydroxylation is 1. The molecule has 2 N–H and O–H groups in total. The van der Waals surface area contributed by atoms with Crippen LogP contribution in [-0.4, -0.2) is 10.1 Å². The summed E-state index contributed by atoms with van der Waals surface area (Å²) in [5.74, 6) is 0.203. The third-order valence-corrected chi connectivity index (χ3v) is 2.16. The topological polar surface area (TPSA) is 53.1 Å². The summed E-state index contributed by atoms with van der Waals surface area (Å²) in [5.41, 5.74) is 1.37. The van der Waals surface area contributed by atoms with Gasteiger partial charge >= 0.3 is 0 Å². The summed E-state index contributed by atoms with van der Waals surface area (Å²) in [6.07, 6.45) is 1.58. The van der Waals surface area contributed by atoms with Crippen molar-refractivity contribution in [1.29, 1.82) is 0 Å². The molecule has 0 amide bonds. The Labute approximate surface area is 74.7 Å². The van der Waals surface area contributed by atoms with Crippen molar-refractivity contribution in [2.45, 2.75) is 6.92 Å². The number of H-pyrrole nitrogens is 1. The molecule has 2 aromatic rings. The van der Waals surface area contributed by atoms with Crippen molar-refractivity contribution in [3.63, 3.8) is 0 Å². The molecule has 3 nitrogen and oxygen atoms in total. The molecule has 3 heteroatoms. The van der Waals surface area contributed by atoms with E-state index in [1.54, 1.807) is 19.2 Å². The Morgan fingerprint density at radius 3 is 2.85 bits per heavy atom. The minimum absolute atomic E-state index is 0.0307. The van der Waals surface area contributed by atoms with Crippen LogP contribution in [0.1, 0.15) is 5.56 Å². The van der Waals surface area contributed by atoms with Gasteiger partial charge in [-0.15, -0.1) is 0 Å². The van der Waals surface area contributed by atoms with Gasteiger partial charge in [0.25, 0.3) is 0 Å². The highest BCUT2D eigenvalue weighted by atomic mass is 16.3. The largest absolute Gasteiger partial charge is 0.508 e. The molecule has 0 saturated carbocycles. The second kappa shape index (κ2) is 2.62. The van der Waals surface area contributed by atoms with Crippen molar-refractivity contribution in [2.24, 2.45) is 0 Å². The lowest BCUT2D eigenvalue weighted by molar-refractivity contribution is 0.472. The number of hydrogen-bond donors (Lipinski definition) is 2. The van der Waals surface area contributed by atoms with Crippen LogP contribution in [0.2, 0.25) is 0 Å². The van der Waals surface area contributed by atoms with Gasteiger partial charge in [0.1, 0.15) is 5.75 Å². The fraction of sp³-hybridized carbons (Fsp3) is 0.100. The average molecular weight is 175 g/mol. The first-order valence-electron chi connectivity index (χ1n) is 4.00. The van der Waals surface area contributed by atoms with Crippen molar-refractivity contribution < 1.29 is 5.11 Å². The summed E-state index contributed by atoms with van der Waals surface area (Å²) < 4.78 is 0. The van der Waals surface area contributed by atoms with Crippen LogP contribution in [0.25, 0.3) is 10.9 Å². The third kappa shape index (κ3) is 1.09. The van der Waals surface area contributed by atoms with Crippen LogP contribution in [0.3, 0.4) is 0 Å². The molecular formula is C10H9NO2. The van der Waals surface area contributed by atoms with E-state index in [2.05, 4.69) is 4.98 Å². The lowest BCUT2D eigenvalue weighted by atomic mass is 10.1. The first kappa shape index (κ1) is 7.86. The zero-order valence-electron chi connectivity index (χ0n) is 7.16. The van der Waals surface area contributed by atoms with E-state index < -0.39 is 0 Å². The summed E-state index contributed by atoms with van der Waals surface area (Å²) in [4.78, 5) is 14.3. The number of aromatic hydroxyl groups is 1. The molecule has 2 rings (SSSR count). The molecule has 0 aliphatic carbocycles. The molecule has 66 valence electrons. The quantitative estimate of drug-likeness (QED) is 0.638. The predicted octanol–water partition coefficient (Wildman–Crippen LogP) is 1.54. The monoisotopic (exact) mass is 175 g/mol. The third-order valence-electron chi connectivity index (χ3n) is 2.16. The number of benzene rings is 1. The van der Waals surface area contributed by atoms with E-state index in [4.69, 9.17) is 0 Å². The number of phenolic OH excluding ortho intramolecular Hbond substituents is 1. The summed E-state index contributed by atoms with van der Waals surface area (Å²) in [6.45, 7) is 1.77. The lowest BCUT2D eigenvalue weighted by Gasteiger charge is -2.02. The Kier molecular flexibility index (Phi) is 1.59. The zero-order valence-corrected chi connectivity index (χ0v) is 7.16. The van der Waals surface area contributed by atoms with Gasteiger partial charge in [-0.2, -0.15) is 0 Å². The van der Waals surface area contributed by atoms with Crippen LogP contribution in [0.5, 0.6) is 5.75 Å². The second-order valence-corrected chi connectivity index (χ2v) is 2.97. The Balaban J connectivity index is 3.03. The Morgan fingerprint density at radius 1 is 1.31 bits per heavy atom. The summed E-state index contributed by atoms with van der Waals surface area (Å²) in [5, 5.41) is 10.00. The van der Waals surface area contributed by atoms with Crippen LogP contribution in [0.15, 0.2) is 29.2 Å². The number of hydrogen-bond acceptors (Lipinski definition) is 2. The van der Waals surface area contributed by atoms with Gasteiger partial charge in [0.15, 0.2) is 5.43 Å². The van der Waals surface area contributed by atoms with Crippen LogP contribution in [-0.2, 0) is 0 Å². The number of phenols is 1. The van der Waals surface area contributed by atoms with Crippen molar-refractivity contribution in [2.75, 3.05) is 0 Å². The predicted molar refractivity (Wildman–Crippen MR) is 51.0 cm³/mol. The SMILES string of the molecule is Cc1c(O)ccc2c(=O)cc[nH]c12. The minimum Gasteiger partial charge on any atom is -0.508 e. The Hall–Kier alpha value is -1.77. The molecule has 0 unspecified atom stereocenters. The first-order valence-corrected chi connectivity index (χ1v) is 4.00. The average Bonchev–Trinajstić information content (AvgIpc) is 2.12. The highest BCUT2D eigenvalue weighted by Crippen LogP contribution is 2.21. The van der Waals surface area contributed by atoms with Crippen molar-refractivity contribution in [3.05, 3.63) is 40.2 Å². The number of nitrogens with one attached hydrogen (secondary N) is 1. The minimum atomic E-state index is -0.0307. The number of aromatic nitrogens is 1. The molecule has 1 aromatic carbocycles. The molecule has 0 bridgehead atoms. The Morgan fingerprint density at radius 2 is 2.08 bits per heavy atom. The van der Waals surface area contributed by atoms with Crippen molar-refractivity contribution in [3.8, 4) is 5.75 Å². The molecule has 0 saturated heterocycles. The van der Waals surface area contributed by atoms with E-state index in [0.29, 0.717) is 16.5 Å². The van der Waals surface area contributed by atoms with Crippen LogP contribution >= 0.6 is 0 Å². The molecular weight excluding hydrogens is 166 g/mol. The fourth-order valence-corrected chi connectivity index (χ4v) is 1.38. The molecule has 13 heavy (non-hydrogen) atoms. The van der Waals surface area contributed by atoms with Gasteiger partial charge in [-0.25, -0.2) is 0 Å². The van der Waals surface area contributed by atoms with E-state index in [-0.39, 0.29) is 11.2 Å². The van der Waals surface area contributed by atoms with E-state index in [1.807, 2.05) is 0 Å². The van der Waals surface area contributed by atoms with Gasteiger partial charge in [-0.3, -0.25) is 4.79 Å². The fourth-order valence-electron chi connectivity index (χ4n) is 1.38. The number of pyridine rings is 1. The van der Waals surface area contributed by atoms with E-state index in [1.165, 1.54) is 12.1 Å². The van der Waals surface area contributed by atoms with Crippen molar-refractivity contribution in [1.82, 2.24) is 4.98 Å². The van der Waals surface area contributed by atoms with Crippen LogP contribution < -0.4 is 5.43 Å². The van der Waals surface area contributed by atoms with E-state index in [0.717, 1.165) is 0 Å². The molecule has 0 spiro atoms. The van der Waals surface area contributed by atoms with Crippen molar-refractivity contribution >= 4 is 10.9 Å². The van der Waals surface area contributed by atoms with Crippen LogP contribution in [0.4, 0.5) is 0 Å². The smallest absolute Gasteiger partial charge is 0.189 e. The molecule has 1 heterocycles. The number of aromatic amines is 1. The normalized spacial score (nSPS) is 10.5. The maximum absolute atomic E-state index is 11.3. The van der Waals surface area contributed by atoms with Gasteiger partial charge in [0, 0.05) is 23.2 Å². The number of rotatable bonds is 0. The molecule has 0 radical (unpaired) electrons. The second-order valence-electron chi connectivity index (χ2n) is 2.97. The molecule has 0 aliphatic rings. The summed E-state index contributed by atoms with van der Waals surface area (Å²) in [6, 6.07) is 4.63. The van der Waals surface area contributed by atoms with Gasteiger partial charge in [0.05, 0.1) is 5.52 Å². The highest BCUT2D eigenvalue weighted by Gasteiger charge is 2.03. The standard InChI is InChI=1S/C10H9NO2/c1-6-8(12)3-2-7-9(13)4-5-11-10(6)7/h2-5,12H,1H3,(H,11,13). The molecule has 0 atom stereocenters. The Bertz CT molecular complexity index is 514. The number of fused-ring (bicyclic) bond motifs is 1. The summed E-state index contributed by atoms with van der Waals surface area (Å²) in [7, 11) is 0. The van der Waals surface area contributed by atoms with Gasteiger partial charge in [-0.05, 0) is 19.1 Å². The summed E-state index contributed by atoms with van der Waals surface area (Å²) >= 11 is 0.